The summed E-state index contributed by atoms with van der Waals surface area (Å²) in [6, 6.07) is 11.0. The van der Waals surface area contributed by atoms with E-state index in [1.54, 1.807) is 43.3 Å². The van der Waals surface area contributed by atoms with Gasteiger partial charge in [0.1, 0.15) is 23.1 Å². The molecule has 0 aliphatic carbocycles. The Morgan fingerprint density at radius 1 is 1.21 bits per heavy atom. The monoisotopic (exact) mass is 409 g/mol. The summed E-state index contributed by atoms with van der Waals surface area (Å²) >= 11 is 5.86. The molecule has 3 aromatic rings. The number of rotatable bonds is 6. The maximum absolute atomic E-state index is 12.0. The Morgan fingerprint density at radius 3 is 2.57 bits per heavy atom. The van der Waals surface area contributed by atoms with E-state index in [4.69, 9.17) is 21.1 Å². The van der Waals surface area contributed by atoms with Crippen LogP contribution in [0.4, 0.5) is 0 Å². The molecule has 138 valence electrons. The topological polar surface area (TPSA) is 111 Å². The van der Waals surface area contributed by atoms with Gasteiger partial charge in [-0.05, 0) is 60.3 Å². The van der Waals surface area contributed by atoms with Crippen molar-refractivity contribution >= 4 is 28.6 Å². The number of ether oxygens (including phenoxy) is 2. The zero-order valence-corrected chi connectivity index (χ0v) is 17.8. The van der Waals surface area contributed by atoms with Crippen molar-refractivity contribution in [2.45, 2.75) is 13.0 Å². The average molecular weight is 410 g/mol. The number of aromatic nitrogens is 3. The summed E-state index contributed by atoms with van der Waals surface area (Å²) in [7, 11) is 0. The number of nitrogens with zero attached hydrogens (tertiary/aromatic N) is 3. The Morgan fingerprint density at radius 2 is 1.89 bits per heavy atom. The first-order valence-electron chi connectivity index (χ1n) is 7.81. The summed E-state index contributed by atoms with van der Waals surface area (Å²) in [5.74, 6) is -0.387. The quantitative estimate of drug-likeness (QED) is 0.217. The number of aliphatic carboxylic acids is 1. The Kier molecular flexibility index (Phi) is 7.59. The third kappa shape index (κ3) is 5.80. The van der Waals surface area contributed by atoms with Crippen molar-refractivity contribution in [3.05, 3.63) is 64.8 Å². The summed E-state index contributed by atoms with van der Waals surface area (Å²) in [6.45, 7) is 1.69. The normalized spacial score (nSPS) is 11.8. The summed E-state index contributed by atoms with van der Waals surface area (Å²) in [5, 5.41) is 26.5. The van der Waals surface area contributed by atoms with Gasteiger partial charge in [-0.15, -0.1) is 0 Å². The molecule has 28 heavy (non-hydrogen) atoms. The van der Waals surface area contributed by atoms with Gasteiger partial charge in [0.2, 0.25) is 0 Å². The van der Waals surface area contributed by atoms with Crippen LogP contribution in [0.5, 0.6) is 17.5 Å². The minimum Gasteiger partial charge on any atom is -0.594 e. The summed E-state index contributed by atoms with van der Waals surface area (Å²) in [4.78, 5) is 14.9. The SMILES string of the molecule is CC(/C=C/C(=O)[O-])Oc1ccc(Oc2nc3ccc(Cl)cc3[n+]([O-])n2)cc1.[Na+]. The van der Waals surface area contributed by atoms with Crippen LogP contribution in [0.1, 0.15) is 6.92 Å². The molecule has 1 heterocycles. The molecule has 0 spiro atoms. The van der Waals surface area contributed by atoms with Crippen LogP contribution < -0.4 is 49.0 Å². The molecule has 0 N–H and O–H groups in total. The molecule has 10 heteroatoms. The molecule has 8 nitrogen and oxygen atoms in total. The Balaban J connectivity index is 0.00000280. The molecular weight excluding hydrogens is 397 g/mol. The third-order valence-electron chi connectivity index (χ3n) is 3.39. The van der Waals surface area contributed by atoms with E-state index in [-0.39, 0.29) is 41.1 Å². The van der Waals surface area contributed by atoms with Gasteiger partial charge >= 0.3 is 35.6 Å². The molecule has 0 aliphatic rings. The number of carbonyl (C=O) groups is 1. The number of carboxylic acids is 1. The molecule has 1 atom stereocenters. The van der Waals surface area contributed by atoms with Gasteiger partial charge in [0.15, 0.2) is 0 Å². The van der Waals surface area contributed by atoms with Crippen molar-refractivity contribution in [1.82, 2.24) is 10.1 Å². The first-order chi connectivity index (χ1) is 12.9. The van der Waals surface area contributed by atoms with Gasteiger partial charge in [-0.25, -0.2) is 0 Å². The molecule has 0 aliphatic heterocycles. The molecule has 0 saturated carbocycles. The maximum atomic E-state index is 12.0. The van der Waals surface area contributed by atoms with Crippen molar-refractivity contribution in [3.63, 3.8) is 0 Å². The summed E-state index contributed by atoms with van der Waals surface area (Å²) in [5.41, 5.74) is 0.630. The Labute approximate surface area is 187 Å². The number of benzene rings is 2. The molecule has 3 rings (SSSR count). The van der Waals surface area contributed by atoms with Crippen LogP contribution in [0.15, 0.2) is 54.6 Å². The average Bonchev–Trinajstić information content (AvgIpc) is 2.62. The second-order valence-corrected chi connectivity index (χ2v) is 5.91. The Hall–Kier alpha value is -2.39. The zero-order chi connectivity index (χ0) is 19.4. The van der Waals surface area contributed by atoms with Gasteiger partial charge in [0.05, 0.1) is 11.1 Å². The van der Waals surface area contributed by atoms with E-state index in [9.17, 15) is 15.1 Å². The van der Waals surface area contributed by atoms with Crippen molar-refractivity contribution < 1.29 is 53.8 Å². The summed E-state index contributed by atoms with van der Waals surface area (Å²) in [6.07, 6.45) is 1.82. The predicted molar refractivity (Wildman–Crippen MR) is 94.3 cm³/mol. The van der Waals surface area contributed by atoms with E-state index in [1.807, 2.05) is 0 Å². The van der Waals surface area contributed by atoms with Gasteiger partial charge in [-0.1, -0.05) is 11.6 Å². The first kappa shape index (κ1) is 21.9. The minimum atomic E-state index is -1.29. The van der Waals surface area contributed by atoms with Crippen LogP contribution in [-0.2, 0) is 4.79 Å². The van der Waals surface area contributed by atoms with E-state index < -0.39 is 12.1 Å². The van der Waals surface area contributed by atoms with Crippen LogP contribution in [0.3, 0.4) is 0 Å². The predicted octanol–water partition coefficient (Wildman–Crippen LogP) is -1.21. The largest absolute Gasteiger partial charge is 1.00 e. The molecule has 0 amide bonds. The van der Waals surface area contributed by atoms with Gasteiger partial charge in [-0.3, -0.25) is 0 Å². The number of halogens is 1. The fourth-order valence-electron chi connectivity index (χ4n) is 2.20. The molecule has 2 aromatic carbocycles. The third-order valence-corrected chi connectivity index (χ3v) is 3.63. The van der Waals surface area contributed by atoms with E-state index in [1.165, 1.54) is 12.1 Å². The van der Waals surface area contributed by atoms with Crippen LogP contribution >= 0.6 is 11.6 Å². The van der Waals surface area contributed by atoms with Crippen LogP contribution in [0.25, 0.3) is 11.0 Å². The van der Waals surface area contributed by atoms with E-state index in [0.717, 1.165) is 6.08 Å². The zero-order valence-electron chi connectivity index (χ0n) is 15.0. The number of hydrogen-bond acceptors (Lipinski definition) is 7. The molecule has 0 saturated heterocycles. The number of fused-ring (bicyclic) bond motifs is 1. The Bertz CT molecular complexity index is 1010. The molecule has 1 aromatic heterocycles. The fraction of sp³-hybridized carbons (Fsp3) is 0.111. The first-order valence-corrected chi connectivity index (χ1v) is 8.19. The molecule has 0 bridgehead atoms. The van der Waals surface area contributed by atoms with Gasteiger partial charge in [0, 0.05) is 11.1 Å². The molecule has 1 unspecified atom stereocenters. The van der Waals surface area contributed by atoms with Gasteiger partial charge in [0.25, 0.3) is 5.52 Å². The minimum absolute atomic E-state index is 0. The van der Waals surface area contributed by atoms with Crippen molar-refractivity contribution in [2.24, 2.45) is 0 Å². The van der Waals surface area contributed by atoms with Crippen molar-refractivity contribution in [1.29, 1.82) is 0 Å². The van der Waals surface area contributed by atoms with Crippen LogP contribution in [-0.4, -0.2) is 22.2 Å². The van der Waals surface area contributed by atoms with E-state index in [0.29, 0.717) is 26.9 Å². The molecule has 0 radical (unpaired) electrons. The number of hydrogen-bond donors (Lipinski definition) is 0. The van der Waals surface area contributed by atoms with Gasteiger partial charge < -0.3 is 24.6 Å². The van der Waals surface area contributed by atoms with Crippen LogP contribution in [0, 0.1) is 5.21 Å². The van der Waals surface area contributed by atoms with E-state index >= 15 is 0 Å². The second kappa shape index (κ2) is 9.70. The molecular formula is C18H13ClN3NaO5. The second-order valence-electron chi connectivity index (χ2n) is 5.47. The van der Waals surface area contributed by atoms with Crippen LogP contribution in [0.2, 0.25) is 5.02 Å². The molecule has 0 fully saturated rings. The maximum Gasteiger partial charge on any atom is 1.00 e. The standard InChI is InChI=1S/C18H14ClN3O5.Na/c1-11(2-9-17(23)24)26-13-4-6-14(7-5-13)27-18-20-15-8-3-12(19)10-16(15)22(25)21-18;/h2-11H,1H3,(H,23,24);/q;+1/p-1/b9-2+;. The summed E-state index contributed by atoms with van der Waals surface area (Å²) < 4.78 is 11.0. The van der Waals surface area contributed by atoms with Crippen molar-refractivity contribution in [2.75, 3.05) is 0 Å². The van der Waals surface area contributed by atoms with Gasteiger partial charge in [-0.2, -0.15) is 4.98 Å². The van der Waals surface area contributed by atoms with E-state index in [2.05, 4.69) is 10.1 Å². The smallest absolute Gasteiger partial charge is 0.594 e. The number of carboxylic acid groups (broad SMARTS) is 1. The fourth-order valence-corrected chi connectivity index (χ4v) is 2.37. The number of carbonyl (C=O) groups excluding carboxylic acids is 1. The van der Waals surface area contributed by atoms with Crippen molar-refractivity contribution in [3.8, 4) is 17.5 Å².